The van der Waals surface area contributed by atoms with Crippen molar-refractivity contribution in [1.82, 2.24) is 4.90 Å². The molecular formula is C33H29NO2. The highest BCUT2D eigenvalue weighted by Crippen LogP contribution is 2.45. The highest BCUT2D eigenvalue weighted by atomic mass is 16.6. The maximum atomic E-state index is 13.4. The maximum Gasteiger partial charge on any atom is 0.410 e. The topological polar surface area (TPSA) is 29.5 Å². The summed E-state index contributed by atoms with van der Waals surface area (Å²) in [6.45, 7) is 2.55. The number of ether oxygens (including phenoxy) is 1. The fraction of sp³-hybridized carbons (Fsp3) is 0.242. The van der Waals surface area contributed by atoms with Crippen LogP contribution in [0.5, 0.6) is 0 Å². The quantitative estimate of drug-likeness (QED) is 0.306. The third kappa shape index (κ3) is 3.30. The van der Waals surface area contributed by atoms with E-state index >= 15 is 0 Å². The molecule has 1 fully saturated rings. The molecule has 3 heteroatoms. The van der Waals surface area contributed by atoms with Gasteiger partial charge in [-0.25, -0.2) is 4.79 Å². The van der Waals surface area contributed by atoms with E-state index in [2.05, 4.69) is 97.9 Å². The lowest BCUT2D eigenvalue weighted by Crippen LogP contribution is -2.43. The lowest BCUT2D eigenvalue weighted by atomic mass is 9.90. The van der Waals surface area contributed by atoms with Crippen LogP contribution < -0.4 is 0 Å². The highest BCUT2D eigenvalue weighted by molar-refractivity contribution is 5.96. The van der Waals surface area contributed by atoms with Crippen LogP contribution in [0.2, 0.25) is 0 Å². The molecule has 2 bridgehead atoms. The van der Waals surface area contributed by atoms with Crippen molar-refractivity contribution in [3.63, 3.8) is 0 Å². The van der Waals surface area contributed by atoms with Crippen molar-refractivity contribution in [1.29, 1.82) is 0 Å². The molecule has 178 valence electrons. The van der Waals surface area contributed by atoms with E-state index in [9.17, 15) is 4.79 Å². The third-order valence-corrected chi connectivity index (χ3v) is 8.43. The van der Waals surface area contributed by atoms with Crippen LogP contribution in [0.1, 0.15) is 47.4 Å². The van der Waals surface area contributed by atoms with E-state index in [1.54, 1.807) is 0 Å². The average molecular weight is 472 g/mol. The van der Waals surface area contributed by atoms with E-state index in [1.807, 2.05) is 4.90 Å². The third-order valence-electron chi connectivity index (χ3n) is 8.43. The molecule has 1 amide bonds. The van der Waals surface area contributed by atoms with Crippen molar-refractivity contribution in [2.75, 3.05) is 6.61 Å². The minimum absolute atomic E-state index is 0.0915. The van der Waals surface area contributed by atoms with E-state index in [0.29, 0.717) is 6.61 Å². The van der Waals surface area contributed by atoms with Gasteiger partial charge in [-0.3, -0.25) is 4.90 Å². The van der Waals surface area contributed by atoms with Crippen LogP contribution in [0, 0.1) is 6.92 Å². The number of hydrogen-bond acceptors (Lipinski definition) is 2. The smallest absolute Gasteiger partial charge is 0.410 e. The van der Waals surface area contributed by atoms with Crippen molar-refractivity contribution < 1.29 is 9.53 Å². The van der Waals surface area contributed by atoms with E-state index in [-0.39, 0.29) is 24.1 Å². The molecule has 2 aliphatic heterocycles. The Bertz CT molecular complexity index is 1490. The van der Waals surface area contributed by atoms with Gasteiger partial charge in [0.2, 0.25) is 0 Å². The molecule has 3 nitrogen and oxygen atoms in total. The molecule has 3 aliphatic rings. The standard InChI is InChI=1S/C33H29NO2/c1-21-14-17-26(27-9-3-2-8-25(21)27)22-18-23-15-16-24(19-22)34(23)33(35)36-20-32-30-12-6-4-10-28(30)29-11-5-7-13-31(29)32/h2-14,17-18,23-24,32H,15-16,19-20H2,1H3. The number of benzene rings is 4. The molecule has 0 spiro atoms. The van der Waals surface area contributed by atoms with Crippen molar-refractivity contribution in [3.8, 4) is 11.1 Å². The Hall–Kier alpha value is -3.85. The van der Waals surface area contributed by atoms with Gasteiger partial charge < -0.3 is 4.74 Å². The first-order valence-corrected chi connectivity index (χ1v) is 13.0. The van der Waals surface area contributed by atoms with E-state index < -0.39 is 0 Å². The Balaban J connectivity index is 1.13. The largest absolute Gasteiger partial charge is 0.448 e. The zero-order valence-corrected chi connectivity index (χ0v) is 20.5. The van der Waals surface area contributed by atoms with Gasteiger partial charge in [-0.2, -0.15) is 0 Å². The zero-order valence-electron chi connectivity index (χ0n) is 20.5. The summed E-state index contributed by atoms with van der Waals surface area (Å²) in [6, 6.07) is 30.4. The summed E-state index contributed by atoms with van der Waals surface area (Å²) < 4.78 is 6.04. The van der Waals surface area contributed by atoms with Gasteiger partial charge in [0.1, 0.15) is 6.61 Å². The number of aryl methyl sites for hydroxylation is 1. The average Bonchev–Trinajstić information content (AvgIpc) is 3.38. The molecule has 7 rings (SSSR count). The number of nitrogens with zero attached hydrogens (tertiary/aromatic N) is 1. The SMILES string of the molecule is Cc1ccc(C2=CC3CCC(C2)N3C(=O)OCC2c3ccccc3-c3ccccc32)c2ccccc12. The van der Waals surface area contributed by atoms with Crippen molar-refractivity contribution in [2.24, 2.45) is 0 Å². The number of rotatable bonds is 3. The van der Waals surface area contributed by atoms with Gasteiger partial charge in [0, 0.05) is 12.0 Å². The second kappa shape index (κ2) is 8.37. The molecule has 2 heterocycles. The molecule has 0 saturated carbocycles. The molecule has 0 radical (unpaired) electrons. The van der Waals surface area contributed by atoms with Crippen LogP contribution >= 0.6 is 0 Å². The minimum atomic E-state index is -0.173. The van der Waals surface area contributed by atoms with Crippen LogP contribution in [0.3, 0.4) is 0 Å². The second-order valence-corrected chi connectivity index (χ2v) is 10.4. The van der Waals surface area contributed by atoms with Crippen LogP contribution in [-0.4, -0.2) is 29.7 Å². The monoisotopic (exact) mass is 471 g/mol. The Kier molecular flexibility index (Phi) is 4.99. The fourth-order valence-electron chi connectivity index (χ4n) is 6.71. The van der Waals surface area contributed by atoms with Gasteiger partial charge in [-0.1, -0.05) is 91.0 Å². The van der Waals surface area contributed by atoms with Crippen molar-refractivity contribution >= 4 is 22.4 Å². The van der Waals surface area contributed by atoms with E-state index in [0.717, 1.165) is 19.3 Å². The van der Waals surface area contributed by atoms with Gasteiger partial charge >= 0.3 is 6.09 Å². The summed E-state index contributed by atoms with van der Waals surface area (Å²) in [5, 5.41) is 2.61. The molecule has 0 aromatic heterocycles. The maximum absolute atomic E-state index is 13.4. The van der Waals surface area contributed by atoms with E-state index in [4.69, 9.17) is 4.74 Å². The Morgan fingerprint density at radius 2 is 1.47 bits per heavy atom. The molecule has 36 heavy (non-hydrogen) atoms. The van der Waals surface area contributed by atoms with Gasteiger partial charge in [-0.15, -0.1) is 0 Å². The fourth-order valence-corrected chi connectivity index (χ4v) is 6.71. The number of carbonyl (C=O) groups is 1. The molecule has 0 N–H and O–H groups in total. The minimum Gasteiger partial charge on any atom is -0.448 e. The van der Waals surface area contributed by atoms with Gasteiger partial charge in [-0.05, 0) is 75.9 Å². The first-order valence-electron chi connectivity index (χ1n) is 13.0. The normalized spacial score (nSPS) is 20.2. The number of carbonyl (C=O) groups excluding carboxylic acids is 1. The summed E-state index contributed by atoms with van der Waals surface area (Å²) in [5.74, 6) is 0.0915. The molecule has 4 aromatic rings. The second-order valence-electron chi connectivity index (χ2n) is 10.4. The summed E-state index contributed by atoms with van der Waals surface area (Å²) in [5.41, 5.74) is 8.98. The summed E-state index contributed by atoms with van der Waals surface area (Å²) >= 11 is 0. The lowest BCUT2D eigenvalue weighted by Gasteiger charge is -2.34. The molecule has 4 aromatic carbocycles. The summed E-state index contributed by atoms with van der Waals surface area (Å²) in [7, 11) is 0. The van der Waals surface area contributed by atoms with Gasteiger partial charge in [0.15, 0.2) is 0 Å². The number of fused-ring (bicyclic) bond motifs is 6. The van der Waals surface area contributed by atoms with Crippen LogP contribution in [0.4, 0.5) is 4.79 Å². The van der Waals surface area contributed by atoms with Crippen molar-refractivity contribution in [2.45, 2.75) is 44.2 Å². The van der Waals surface area contributed by atoms with Crippen molar-refractivity contribution in [3.05, 3.63) is 113 Å². The predicted octanol–water partition coefficient (Wildman–Crippen LogP) is 7.72. The van der Waals surface area contributed by atoms with E-state index in [1.165, 1.54) is 49.7 Å². The summed E-state index contributed by atoms with van der Waals surface area (Å²) in [6.07, 6.45) is 5.06. The van der Waals surface area contributed by atoms with Gasteiger partial charge in [0.25, 0.3) is 0 Å². The summed E-state index contributed by atoms with van der Waals surface area (Å²) in [4.78, 5) is 15.4. The van der Waals surface area contributed by atoms with Crippen LogP contribution in [0.15, 0.2) is 91.0 Å². The predicted molar refractivity (Wildman–Crippen MR) is 145 cm³/mol. The lowest BCUT2D eigenvalue weighted by molar-refractivity contribution is 0.0867. The van der Waals surface area contributed by atoms with Gasteiger partial charge in [0.05, 0.1) is 6.04 Å². The van der Waals surface area contributed by atoms with Crippen LogP contribution in [-0.2, 0) is 4.74 Å². The first-order chi connectivity index (χ1) is 17.7. The molecule has 1 saturated heterocycles. The Labute approximate surface area is 212 Å². The van der Waals surface area contributed by atoms with Crippen LogP contribution in [0.25, 0.3) is 27.5 Å². The number of hydrogen-bond donors (Lipinski definition) is 0. The Morgan fingerprint density at radius 3 is 2.19 bits per heavy atom. The molecule has 1 aliphatic carbocycles. The number of amides is 1. The highest BCUT2D eigenvalue weighted by Gasteiger charge is 2.41. The molecular weight excluding hydrogens is 442 g/mol. The molecule has 2 unspecified atom stereocenters. The molecule has 2 atom stereocenters. The Morgan fingerprint density at radius 1 is 0.806 bits per heavy atom. The first kappa shape index (κ1) is 21.4. The zero-order chi connectivity index (χ0) is 24.2.